The third kappa shape index (κ3) is 3.11. The number of nitrogens with zero attached hydrogens (tertiary/aromatic N) is 4. The Hall–Kier alpha value is -1.33. The Morgan fingerprint density at radius 1 is 1.33 bits per heavy atom. The number of aromatic nitrogens is 3. The van der Waals surface area contributed by atoms with E-state index in [1.165, 1.54) is 0 Å². The molecule has 2 heterocycles. The number of rotatable bonds is 5. The van der Waals surface area contributed by atoms with Crippen LogP contribution >= 0.6 is 11.3 Å². The van der Waals surface area contributed by atoms with Gasteiger partial charge in [-0.2, -0.15) is 0 Å². The van der Waals surface area contributed by atoms with Crippen molar-refractivity contribution in [2.75, 3.05) is 7.05 Å². The van der Waals surface area contributed by atoms with Gasteiger partial charge in [-0.1, -0.05) is 6.92 Å². The van der Waals surface area contributed by atoms with Gasteiger partial charge in [0.2, 0.25) is 0 Å². The quantitative estimate of drug-likeness (QED) is 0.831. The van der Waals surface area contributed by atoms with E-state index in [0.29, 0.717) is 6.04 Å². The fourth-order valence-corrected chi connectivity index (χ4v) is 2.48. The van der Waals surface area contributed by atoms with Crippen LogP contribution in [0.1, 0.15) is 36.4 Å². The van der Waals surface area contributed by atoms with Crippen LogP contribution in [-0.2, 0) is 13.0 Å². The van der Waals surface area contributed by atoms with Gasteiger partial charge in [0.15, 0.2) is 0 Å². The highest BCUT2D eigenvalue weighted by Crippen LogP contribution is 2.21. The summed E-state index contributed by atoms with van der Waals surface area (Å²) in [6, 6.07) is 2.29. The van der Waals surface area contributed by atoms with E-state index in [-0.39, 0.29) is 0 Å². The van der Waals surface area contributed by atoms with Crippen LogP contribution in [0.5, 0.6) is 0 Å². The van der Waals surface area contributed by atoms with Crippen molar-refractivity contribution in [1.29, 1.82) is 0 Å². The summed E-state index contributed by atoms with van der Waals surface area (Å²) < 4.78 is 0. The van der Waals surface area contributed by atoms with Crippen LogP contribution in [0, 0.1) is 0 Å². The Bertz CT molecular complexity index is 483. The molecule has 0 unspecified atom stereocenters. The Morgan fingerprint density at radius 3 is 2.83 bits per heavy atom. The van der Waals surface area contributed by atoms with Crippen LogP contribution in [0.4, 0.5) is 0 Å². The zero-order valence-corrected chi connectivity index (χ0v) is 11.8. The SMILES string of the molecule is CCc1nccc(CN(C)[C@H](C)c2nccs2)n1. The van der Waals surface area contributed by atoms with Crippen molar-refractivity contribution in [3.05, 3.63) is 40.4 Å². The molecule has 18 heavy (non-hydrogen) atoms. The van der Waals surface area contributed by atoms with Crippen LogP contribution in [-0.4, -0.2) is 26.9 Å². The Morgan fingerprint density at radius 2 is 2.17 bits per heavy atom. The van der Waals surface area contributed by atoms with E-state index in [2.05, 4.69) is 40.7 Å². The summed E-state index contributed by atoms with van der Waals surface area (Å²) in [6.07, 6.45) is 4.56. The molecule has 0 aromatic carbocycles. The fourth-order valence-electron chi connectivity index (χ4n) is 1.72. The van der Waals surface area contributed by atoms with Crippen LogP contribution < -0.4 is 0 Å². The number of aryl methyl sites for hydroxylation is 1. The second-order valence-electron chi connectivity index (χ2n) is 4.28. The molecular weight excluding hydrogens is 244 g/mol. The normalized spacial score (nSPS) is 12.9. The van der Waals surface area contributed by atoms with Gasteiger partial charge in [-0.05, 0) is 20.0 Å². The van der Waals surface area contributed by atoms with Gasteiger partial charge in [0.25, 0.3) is 0 Å². The highest BCUT2D eigenvalue weighted by Gasteiger charge is 2.14. The van der Waals surface area contributed by atoms with E-state index in [4.69, 9.17) is 0 Å². The molecule has 0 saturated heterocycles. The molecule has 0 aliphatic carbocycles. The van der Waals surface area contributed by atoms with Crippen molar-refractivity contribution in [3.8, 4) is 0 Å². The summed E-state index contributed by atoms with van der Waals surface area (Å²) in [5.74, 6) is 0.905. The van der Waals surface area contributed by atoms with E-state index in [1.54, 1.807) is 11.3 Å². The van der Waals surface area contributed by atoms with Crippen LogP contribution in [0.3, 0.4) is 0 Å². The Balaban J connectivity index is 2.04. The monoisotopic (exact) mass is 262 g/mol. The maximum absolute atomic E-state index is 4.53. The minimum absolute atomic E-state index is 0.310. The molecule has 2 aromatic heterocycles. The molecule has 5 heteroatoms. The molecule has 0 amide bonds. The largest absolute Gasteiger partial charge is 0.291 e. The molecule has 96 valence electrons. The second-order valence-corrected chi connectivity index (χ2v) is 5.21. The standard InChI is InChI=1S/C13H18N4S/c1-4-12-14-6-5-11(16-12)9-17(3)10(2)13-15-7-8-18-13/h5-8,10H,4,9H2,1-3H3/t10-/m1/s1. The van der Waals surface area contributed by atoms with E-state index in [0.717, 1.165) is 29.5 Å². The molecule has 0 bridgehead atoms. The third-order valence-corrected chi connectivity index (χ3v) is 3.91. The van der Waals surface area contributed by atoms with Crippen molar-refractivity contribution in [2.24, 2.45) is 0 Å². The van der Waals surface area contributed by atoms with Gasteiger partial charge in [0.05, 0.1) is 11.7 Å². The molecule has 1 atom stereocenters. The van der Waals surface area contributed by atoms with E-state index in [1.807, 2.05) is 23.8 Å². The summed E-state index contributed by atoms with van der Waals surface area (Å²) in [4.78, 5) is 15.4. The summed E-state index contributed by atoms with van der Waals surface area (Å²) in [6.45, 7) is 5.05. The predicted octanol–water partition coefficient (Wildman–Crippen LogP) is 2.69. The number of hydrogen-bond donors (Lipinski definition) is 0. The topological polar surface area (TPSA) is 41.9 Å². The fraction of sp³-hybridized carbons (Fsp3) is 0.462. The van der Waals surface area contributed by atoms with Crippen LogP contribution in [0.25, 0.3) is 0 Å². The first-order chi connectivity index (χ1) is 8.70. The van der Waals surface area contributed by atoms with Crippen molar-refractivity contribution in [2.45, 2.75) is 32.9 Å². The molecule has 0 fully saturated rings. The summed E-state index contributed by atoms with van der Waals surface area (Å²) in [5.41, 5.74) is 1.06. The summed E-state index contributed by atoms with van der Waals surface area (Å²) >= 11 is 1.69. The van der Waals surface area contributed by atoms with Crippen LogP contribution in [0.15, 0.2) is 23.8 Å². The average Bonchev–Trinajstić information content (AvgIpc) is 2.92. The molecule has 0 aliphatic heterocycles. The zero-order valence-electron chi connectivity index (χ0n) is 11.0. The first-order valence-electron chi connectivity index (χ1n) is 6.11. The first kappa shape index (κ1) is 13.1. The lowest BCUT2D eigenvalue weighted by Gasteiger charge is -2.22. The van der Waals surface area contributed by atoms with Gasteiger partial charge in [-0.25, -0.2) is 15.0 Å². The lowest BCUT2D eigenvalue weighted by molar-refractivity contribution is 0.249. The lowest BCUT2D eigenvalue weighted by Crippen LogP contribution is -2.22. The number of hydrogen-bond acceptors (Lipinski definition) is 5. The minimum Gasteiger partial charge on any atom is -0.291 e. The first-order valence-corrected chi connectivity index (χ1v) is 6.99. The molecule has 0 aliphatic rings. The van der Waals surface area contributed by atoms with E-state index >= 15 is 0 Å². The van der Waals surface area contributed by atoms with Gasteiger partial charge in [-0.3, -0.25) is 4.90 Å². The lowest BCUT2D eigenvalue weighted by atomic mass is 10.3. The second kappa shape index (κ2) is 6.02. The molecule has 2 aromatic rings. The highest BCUT2D eigenvalue weighted by atomic mass is 32.1. The minimum atomic E-state index is 0.310. The maximum Gasteiger partial charge on any atom is 0.128 e. The molecule has 4 nitrogen and oxygen atoms in total. The molecule has 2 rings (SSSR count). The van der Waals surface area contributed by atoms with Gasteiger partial charge < -0.3 is 0 Å². The summed E-state index contributed by atoms with van der Waals surface area (Å²) in [5, 5.41) is 3.15. The average molecular weight is 262 g/mol. The van der Waals surface area contributed by atoms with Crippen molar-refractivity contribution in [3.63, 3.8) is 0 Å². The zero-order chi connectivity index (χ0) is 13.0. The van der Waals surface area contributed by atoms with Crippen molar-refractivity contribution < 1.29 is 0 Å². The maximum atomic E-state index is 4.53. The van der Waals surface area contributed by atoms with Gasteiger partial charge in [0.1, 0.15) is 10.8 Å². The molecular formula is C13H18N4S. The predicted molar refractivity (Wildman–Crippen MR) is 73.4 cm³/mol. The Kier molecular flexibility index (Phi) is 4.38. The molecule has 0 N–H and O–H groups in total. The third-order valence-electron chi connectivity index (χ3n) is 2.96. The van der Waals surface area contributed by atoms with Gasteiger partial charge in [-0.15, -0.1) is 11.3 Å². The summed E-state index contributed by atoms with van der Waals surface area (Å²) in [7, 11) is 2.10. The number of thiazole rings is 1. The van der Waals surface area contributed by atoms with Gasteiger partial charge in [0, 0.05) is 30.7 Å². The molecule has 0 radical (unpaired) electrons. The highest BCUT2D eigenvalue weighted by molar-refractivity contribution is 7.09. The van der Waals surface area contributed by atoms with E-state index < -0.39 is 0 Å². The smallest absolute Gasteiger partial charge is 0.128 e. The van der Waals surface area contributed by atoms with Gasteiger partial charge >= 0.3 is 0 Å². The molecule has 0 spiro atoms. The van der Waals surface area contributed by atoms with Crippen molar-refractivity contribution in [1.82, 2.24) is 19.9 Å². The van der Waals surface area contributed by atoms with Crippen molar-refractivity contribution >= 4 is 11.3 Å². The Labute approximate surface area is 112 Å². The molecule has 0 saturated carbocycles. The van der Waals surface area contributed by atoms with Crippen LogP contribution in [0.2, 0.25) is 0 Å². The van der Waals surface area contributed by atoms with E-state index in [9.17, 15) is 0 Å².